The molecule has 0 saturated carbocycles. The zero-order valence-electron chi connectivity index (χ0n) is 16.3. The third-order valence-corrected chi connectivity index (χ3v) is 5.03. The van der Waals surface area contributed by atoms with Gasteiger partial charge < -0.3 is 15.0 Å². The van der Waals surface area contributed by atoms with E-state index in [1.807, 2.05) is 57.2 Å². The van der Waals surface area contributed by atoms with Crippen LogP contribution < -0.4 is 10.2 Å². The fourth-order valence-corrected chi connectivity index (χ4v) is 3.16. The summed E-state index contributed by atoms with van der Waals surface area (Å²) < 4.78 is 5.15. The minimum Gasteiger partial charge on any atom is -0.455 e. The van der Waals surface area contributed by atoms with E-state index in [4.69, 9.17) is 4.74 Å². The Morgan fingerprint density at radius 2 is 1.82 bits per heavy atom. The Morgan fingerprint density at radius 1 is 1.07 bits per heavy atom. The Balaban J connectivity index is 1.55. The number of carbonyl (C=O) groups is 3. The first-order valence-corrected chi connectivity index (χ1v) is 9.25. The number of para-hydroxylation sites is 1. The molecule has 1 fully saturated rings. The van der Waals surface area contributed by atoms with Crippen LogP contribution in [0.25, 0.3) is 0 Å². The van der Waals surface area contributed by atoms with Gasteiger partial charge in [-0.15, -0.1) is 0 Å². The Bertz CT molecular complexity index is 923. The van der Waals surface area contributed by atoms with Gasteiger partial charge in [0.05, 0.1) is 5.92 Å². The second-order valence-corrected chi connectivity index (χ2v) is 7.14. The van der Waals surface area contributed by atoms with Crippen molar-refractivity contribution in [3.05, 3.63) is 59.2 Å². The number of benzene rings is 2. The fraction of sp³-hybridized carbons (Fsp3) is 0.318. The molecule has 6 nitrogen and oxygen atoms in total. The van der Waals surface area contributed by atoms with Crippen LogP contribution in [0.5, 0.6) is 0 Å². The molecule has 1 saturated heterocycles. The molecule has 2 aromatic rings. The summed E-state index contributed by atoms with van der Waals surface area (Å²) in [7, 11) is 0. The minimum absolute atomic E-state index is 0.0885. The summed E-state index contributed by atoms with van der Waals surface area (Å²) in [6.45, 7) is 5.76. The van der Waals surface area contributed by atoms with Crippen molar-refractivity contribution in [1.82, 2.24) is 0 Å². The van der Waals surface area contributed by atoms with Gasteiger partial charge in [-0.25, -0.2) is 0 Å². The molecule has 2 amide bonds. The van der Waals surface area contributed by atoms with E-state index >= 15 is 0 Å². The molecule has 0 spiro atoms. The molecular weight excluding hydrogens is 356 g/mol. The van der Waals surface area contributed by atoms with E-state index in [0.717, 1.165) is 22.4 Å². The van der Waals surface area contributed by atoms with E-state index in [0.29, 0.717) is 5.69 Å². The van der Waals surface area contributed by atoms with Crippen molar-refractivity contribution < 1.29 is 19.1 Å². The Morgan fingerprint density at radius 3 is 2.54 bits per heavy atom. The van der Waals surface area contributed by atoms with Crippen LogP contribution in [0.4, 0.5) is 11.4 Å². The second-order valence-electron chi connectivity index (χ2n) is 7.14. The zero-order valence-corrected chi connectivity index (χ0v) is 16.3. The number of nitrogens with one attached hydrogen (secondary N) is 1. The predicted molar refractivity (Wildman–Crippen MR) is 107 cm³/mol. The number of aryl methyl sites for hydroxylation is 3. The number of carbonyl (C=O) groups excluding carboxylic acids is 3. The Labute approximate surface area is 164 Å². The van der Waals surface area contributed by atoms with Crippen molar-refractivity contribution >= 4 is 29.2 Å². The van der Waals surface area contributed by atoms with Gasteiger partial charge in [-0.2, -0.15) is 0 Å². The topological polar surface area (TPSA) is 75.7 Å². The first-order valence-electron chi connectivity index (χ1n) is 9.25. The van der Waals surface area contributed by atoms with Crippen molar-refractivity contribution in [2.24, 2.45) is 5.92 Å². The molecule has 28 heavy (non-hydrogen) atoms. The number of rotatable bonds is 5. The molecule has 0 bridgehead atoms. The number of anilines is 2. The quantitative estimate of drug-likeness (QED) is 0.809. The minimum atomic E-state index is -0.569. The molecule has 1 N–H and O–H groups in total. The van der Waals surface area contributed by atoms with Gasteiger partial charge >= 0.3 is 5.97 Å². The van der Waals surface area contributed by atoms with Gasteiger partial charge in [0, 0.05) is 24.3 Å². The summed E-state index contributed by atoms with van der Waals surface area (Å²) in [4.78, 5) is 38.3. The molecule has 1 heterocycles. The standard InChI is InChI=1S/C22H24N2O4/c1-14-8-9-18(10-16(14)3)24-12-17(11-21(24)26)22(27)28-13-20(25)23-19-7-5-4-6-15(19)2/h4-10,17H,11-13H2,1-3H3,(H,23,25)/t17-/m1/s1. The summed E-state index contributed by atoms with van der Waals surface area (Å²) in [6.07, 6.45) is 0.0885. The summed E-state index contributed by atoms with van der Waals surface area (Å²) in [5.74, 6) is -1.62. The van der Waals surface area contributed by atoms with E-state index < -0.39 is 17.8 Å². The van der Waals surface area contributed by atoms with Crippen molar-refractivity contribution in [1.29, 1.82) is 0 Å². The van der Waals surface area contributed by atoms with Gasteiger partial charge in [-0.05, 0) is 55.7 Å². The van der Waals surface area contributed by atoms with Crippen molar-refractivity contribution in [2.75, 3.05) is 23.4 Å². The lowest BCUT2D eigenvalue weighted by Gasteiger charge is -2.18. The normalized spacial score (nSPS) is 16.2. The van der Waals surface area contributed by atoms with E-state index in [1.165, 1.54) is 0 Å². The Hall–Kier alpha value is -3.15. The zero-order chi connectivity index (χ0) is 20.3. The molecule has 1 aliphatic heterocycles. The average molecular weight is 380 g/mol. The highest BCUT2D eigenvalue weighted by Crippen LogP contribution is 2.27. The average Bonchev–Trinajstić information content (AvgIpc) is 3.06. The Kier molecular flexibility index (Phi) is 5.78. The molecule has 146 valence electrons. The lowest BCUT2D eigenvalue weighted by molar-refractivity contribution is -0.151. The summed E-state index contributed by atoms with van der Waals surface area (Å²) in [5.41, 5.74) is 4.61. The van der Waals surface area contributed by atoms with Crippen molar-refractivity contribution in [3.63, 3.8) is 0 Å². The molecule has 0 aliphatic carbocycles. The fourth-order valence-electron chi connectivity index (χ4n) is 3.16. The number of hydrogen-bond acceptors (Lipinski definition) is 4. The maximum Gasteiger partial charge on any atom is 0.311 e. The van der Waals surface area contributed by atoms with Crippen LogP contribution in [0, 0.1) is 26.7 Å². The van der Waals surface area contributed by atoms with Crippen LogP contribution in [0.15, 0.2) is 42.5 Å². The number of esters is 1. The van der Waals surface area contributed by atoms with Crippen LogP contribution in [0.3, 0.4) is 0 Å². The molecule has 0 aromatic heterocycles. The summed E-state index contributed by atoms with van der Waals surface area (Å²) >= 11 is 0. The summed E-state index contributed by atoms with van der Waals surface area (Å²) in [5, 5.41) is 2.72. The largest absolute Gasteiger partial charge is 0.455 e. The van der Waals surface area contributed by atoms with Crippen LogP contribution in [-0.4, -0.2) is 30.9 Å². The van der Waals surface area contributed by atoms with Gasteiger partial charge in [-0.1, -0.05) is 24.3 Å². The van der Waals surface area contributed by atoms with Gasteiger partial charge in [0.2, 0.25) is 5.91 Å². The lowest BCUT2D eigenvalue weighted by atomic mass is 10.1. The van der Waals surface area contributed by atoms with Crippen molar-refractivity contribution in [2.45, 2.75) is 27.2 Å². The number of ether oxygens (including phenoxy) is 1. The third-order valence-electron chi connectivity index (χ3n) is 5.03. The SMILES string of the molecule is Cc1ccc(N2C[C@H](C(=O)OCC(=O)Nc3ccccc3C)CC2=O)cc1C. The maximum atomic E-state index is 12.3. The number of hydrogen-bond donors (Lipinski definition) is 1. The predicted octanol–water partition coefficient (Wildman–Crippen LogP) is 3.15. The smallest absolute Gasteiger partial charge is 0.311 e. The van der Waals surface area contributed by atoms with Crippen LogP contribution >= 0.6 is 0 Å². The van der Waals surface area contributed by atoms with Gasteiger partial charge in [0.25, 0.3) is 5.91 Å². The van der Waals surface area contributed by atoms with E-state index in [2.05, 4.69) is 5.32 Å². The van der Waals surface area contributed by atoms with Crippen molar-refractivity contribution in [3.8, 4) is 0 Å². The molecule has 3 rings (SSSR count). The van der Waals surface area contributed by atoms with Gasteiger partial charge in [0.1, 0.15) is 0 Å². The van der Waals surface area contributed by atoms with E-state index in [-0.39, 0.29) is 25.5 Å². The first kappa shape index (κ1) is 19.6. The molecule has 1 atom stereocenters. The lowest BCUT2D eigenvalue weighted by Crippen LogP contribution is -2.28. The molecule has 6 heteroatoms. The molecule has 1 aliphatic rings. The first-order chi connectivity index (χ1) is 13.3. The van der Waals surface area contributed by atoms with Crippen LogP contribution in [-0.2, 0) is 19.1 Å². The second kappa shape index (κ2) is 8.25. The number of amides is 2. The van der Waals surface area contributed by atoms with E-state index in [1.54, 1.807) is 11.0 Å². The molecule has 0 unspecified atom stereocenters. The molecule has 0 radical (unpaired) electrons. The molecular formula is C22H24N2O4. The highest BCUT2D eigenvalue weighted by molar-refractivity contribution is 6.00. The van der Waals surface area contributed by atoms with Crippen LogP contribution in [0.2, 0.25) is 0 Å². The number of nitrogens with zero attached hydrogens (tertiary/aromatic N) is 1. The van der Waals surface area contributed by atoms with Gasteiger partial charge in [-0.3, -0.25) is 14.4 Å². The molecule has 2 aromatic carbocycles. The van der Waals surface area contributed by atoms with Gasteiger partial charge in [0.15, 0.2) is 6.61 Å². The third kappa shape index (κ3) is 4.39. The summed E-state index contributed by atoms with van der Waals surface area (Å²) in [6, 6.07) is 13.1. The van der Waals surface area contributed by atoms with Crippen LogP contribution in [0.1, 0.15) is 23.1 Å². The highest BCUT2D eigenvalue weighted by atomic mass is 16.5. The van der Waals surface area contributed by atoms with E-state index in [9.17, 15) is 14.4 Å². The highest BCUT2D eigenvalue weighted by Gasteiger charge is 2.36. The maximum absolute atomic E-state index is 12.3. The monoisotopic (exact) mass is 380 g/mol.